The number of fused-ring (bicyclic) bond motifs is 1. The Morgan fingerprint density at radius 1 is 0.939 bits per heavy atom. The Bertz CT molecular complexity index is 1300. The van der Waals surface area contributed by atoms with Crippen LogP contribution in [0.2, 0.25) is 0 Å². The second-order valence-corrected chi connectivity index (χ2v) is 8.03. The smallest absolute Gasteiger partial charge is 0.246 e. The second kappa shape index (κ2) is 8.78. The topological polar surface area (TPSA) is 71.6 Å². The lowest BCUT2D eigenvalue weighted by molar-refractivity contribution is -0.135. The number of amides is 2. The van der Waals surface area contributed by atoms with Crippen molar-refractivity contribution in [2.45, 2.75) is 6.92 Å². The summed E-state index contributed by atoms with van der Waals surface area (Å²) in [6.07, 6.45) is 5.26. The Morgan fingerprint density at radius 2 is 1.64 bits per heavy atom. The van der Waals surface area contributed by atoms with Crippen LogP contribution in [0.15, 0.2) is 77.4 Å². The van der Waals surface area contributed by atoms with Gasteiger partial charge in [-0.2, -0.15) is 5.10 Å². The molecule has 1 saturated heterocycles. The third kappa shape index (κ3) is 4.30. The van der Waals surface area contributed by atoms with E-state index in [1.54, 1.807) is 33.6 Å². The third-order valence-corrected chi connectivity index (χ3v) is 5.86. The molecule has 0 unspecified atom stereocenters. The summed E-state index contributed by atoms with van der Waals surface area (Å²) in [5.74, 6) is 0.607. The maximum Gasteiger partial charge on any atom is 0.246 e. The lowest BCUT2D eigenvalue weighted by atomic mass is 10.1. The molecule has 1 aliphatic rings. The number of carbonyl (C=O) groups excluding carboxylic acids is 2. The van der Waals surface area contributed by atoms with E-state index in [0.29, 0.717) is 37.6 Å². The highest BCUT2D eigenvalue weighted by Crippen LogP contribution is 2.30. The van der Waals surface area contributed by atoms with Gasteiger partial charge in [-0.3, -0.25) is 9.59 Å². The number of aromatic nitrogens is 2. The first-order chi connectivity index (χ1) is 16.1. The summed E-state index contributed by atoms with van der Waals surface area (Å²) in [6.45, 7) is 3.74. The van der Waals surface area contributed by atoms with Crippen LogP contribution in [-0.4, -0.2) is 57.6 Å². The monoisotopic (exact) mass is 440 g/mol. The Morgan fingerprint density at radius 3 is 2.36 bits per heavy atom. The van der Waals surface area contributed by atoms with Gasteiger partial charge < -0.3 is 14.2 Å². The summed E-state index contributed by atoms with van der Waals surface area (Å²) in [6, 6.07) is 19.6. The van der Waals surface area contributed by atoms with Gasteiger partial charge >= 0.3 is 0 Å². The molecule has 0 aliphatic carbocycles. The maximum atomic E-state index is 12.8. The van der Waals surface area contributed by atoms with E-state index in [-0.39, 0.29) is 11.8 Å². The van der Waals surface area contributed by atoms with Crippen molar-refractivity contribution in [1.82, 2.24) is 19.6 Å². The van der Waals surface area contributed by atoms with Gasteiger partial charge in [0.05, 0.1) is 5.69 Å². The molecular weight excluding hydrogens is 416 g/mol. The Kier molecular flexibility index (Phi) is 5.52. The normalized spacial score (nSPS) is 14.3. The molecule has 0 N–H and O–H groups in total. The van der Waals surface area contributed by atoms with E-state index in [1.807, 2.05) is 66.9 Å². The molecule has 33 heavy (non-hydrogen) atoms. The summed E-state index contributed by atoms with van der Waals surface area (Å²) in [5, 5.41) is 5.76. The number of nitrogens with zero attached hydrogens (tertiary/aromatic N) is 4. The van der Waals surface area contributed by atoms with Crippen LogP contribution in [0, 0.1) is 0 Å². The molecule has 1 fully saturated rings. The zero-order chi connectivity index (χ0) is 22.8. The van der Waals surface area contributed by atoms with E-state index in [2.05, 4.69) is 0 Å². The zero-order valence-corrected chi connectivity index (χ0v) is 18.3. The van der Waals surface area contributed by atoms with Crippen molar-refractivity contribution >= 4 is 28.9 Å². The van der Waals surface area contributed by atoms with Crippen LogP contribution < -0.4 is 0 Å². The largest absolute Gasteiger partial charge is 0.454 e. The molecule has 0 atom stereocenters. The van der Waals surface area contributed by atoms with Crippen molar-refractivity contribution in [1.29, 1.82) is 0 Å². The molecule has 7 heteroatoms. The van der Waals surface area contributed by atoms with Crippen molar-refractivity contribution in [3.63, 3.8) is 0 Å². The molecule has 2 amide bonds. The van der Waals surface area contributed by atoms with Crippen LogP contribution in [-0.2, 0) is 9.59 Å². The number of carbonyl (C=O) groups is 2. The average molecular weight is 441 g/mol. The van der Waals surface area contributed by atoms with Crippen molar-refractivity contribution in [2.24, 2.45) is 0 Å². The number of para-hydroxylation sites is 2. The van der Waals surface area contributed by atoms with Crippen LogP contribution in [0.3, 0.4) is 0 Å². The molecule has 1 aliphatic heterocycles. The lowest BCUT2D eigenvalue weighted by Gasteiger charge is -2.33. The molecule has 2 aromatic carbocycles. The van der Waals surface area contributed by atoms with E-state index in [4.69, 9.17) is 9.52 Å². The van der Waals surface area contributed by atoms with E-state index in [1.165, 1.54) is 0 Å². The van der Waals surface area contributed by atoms with Gasteiger partial charge in [-0.1, -0.05) is 36.4 Å². The van der Waals surface area contributed by atoms with Gasteiger partial charge in [0, 0.05) is 56.3 Å². The maximum absolute atomic E-state index is 12.8. The highest BCUT2D eigenvalue weighted by Gasteiger charge is 2.21. The van der Waals surface area contributed by atoms with Crippen LogP contribution in [0.5, 0.6) is 0 Å². The van der Waals surface area contributed by atoms with E-state index < -0.39 is 0 Å². The number of furan rings is 1. The summed E-state index contributed by atoms with van der Waals surface area (Å²) >= 11 is 0. The van der Waals surface area contributed by atoms with Crippen LogP contribution in [0.4, 0.5) is 0 Å². The first-order valence-electron chi connectivity index (χ1n) is 10.9. The minimum absolute atomic E-state index is 0.0430. The molecule has 0 spiro atoms. The predicted molar refractivity (Wildman–Crippen MR) is 127 cm³/mol. The molecule has 3 heterocycles. The first-order valence-corrected chi connectivity index (χ1v) is 10.9. The number of benzene rings is 2. The van der Waals surface area contributed by atoms with Crippen molar-refractivity contribution in [3.05, 3.63) is 78.5 Å². The van der Waals surface area contributed by atoms with Gasteiger partial charge in [-0.25, -0.2) is 4.68 Å². The van der Waals surface area contributed by atoms with Crippen molar-refractivity contribution < 1.29 is 14.0 Å². The molecule has 0 radical (unpaired) electrons. The molecule has 7 nitrogen and oxygen atoms in total. The fourth-order valence-electron chi connectivity index (χ4n) is 4.02. The van der Waals surface area contributed by atoms with E-state index in [9.17, 15) is 9.59 Å². The zero-order valence-electron chi connectivity index (χ0n) is 18.3. The van der Waals surface area contributed by atoms with Gasteiger partial charge in [-0.15, -0.1) is 0 Å². The third-order valence-electron chi connectivity index (χ3n) is 5.86. The SMILES string of the molecule is CC(=O)N1CCN(C(=O)/C=C/c2cn(-c3ccccc3)nc2-c2cc3ccccc3o2)CC1. The summed E-state index contributed by atoms with van der Waals surface area (Å²) < 4.78 is 7.85. The van der Waals surface area contributed by atoms with Crippen LogP contribution in [0.25, 0.3) is 34.2 Å². The van der Waals surface area contributed by atoms with Gasteiger partial charge in [0.25, 0.3) is 0 Å². The lowest BCUT2D eigenvalue weighted by Crippen LogP contribution is -2.49. The van der Waals surface area contributed by atoms with Gasteiger partial charge in [0.2, 0.25) is 11.8 Å². The number of hydrogen-bond donors (Lipinski definition) is 0. The first kappa shape index (κ1) is 20.8. The Hall–Kier alpha value is -4.13. The van der Waals surface area contributed by atoms with Crippen LogP contribution in [0.1, 0.15) is 12.5 Å². The summed E-state index contributed by atoms with van der Waals surface area (Å²) in [4.78, 5) is 27.9. The molecular formula is C26H24N4O3. The molecule has 0 saturated carbocycles. The fourth-order valence-corrected chi connectivity index (χ4v) is 4.02. The minimum atomic E-state index is -0.0822. The van der Waals surface area contributed by atoms with E-state index >= 15 is 0 Å². The van der Waals surface area contributed by atoms with Crippen molar-refractivity contribution in [2.75, 3.05) is 26.2 Å². The fraction of sp³-hybridized carbons (Fsp3) is 0.192. The Labute approximate surface area is 191 Å². The molecule has 4 aromatic rings. The summed E-state index contributed by atoms with van der Waals surface area (Å²) in [7, 11) is 0. The highest BCUT2D eigenvalue weighted by molar-refractivity contribution is 5.93. The van der Waals surface area contributed by atoms with E-state index in [0.717, 1.165) is 22.2 Å². The predicted octanol–water partition coefficient (Wildman–Crippen LogP) is 3.99. The van der Waals surface area contributed by atoms with Crippen LogP contribution >= 0.6 is 0 Å². The second-order valence-electron chi connectivity index (χ2n) is 8.03. The standard InChI is InChI=1S/C26H24N4O3/c1-19(31)28-13-15-29(16-14-28)25(32)12-11-21-18-30(22-8-3-2-4-9-22)27-26(21)24-17-20-7-5-6-10-23(20)33-24/h2-12,17-18H,13-16H2,1H3/b12-11+. The average Bonchev–Trinajstić information content (AvgIpc) is 3.47. The molecule has 5 rings (SSSR count). The van der Waals surface area contributed by atoms with Gasteiger partial charge in [0.1, 0.15) is 11.3 Å². The highest BCUT2D eigenvalue weighted by atomic mass is 16.3. The number of hydrogen-bond acceptors (Lipinski definition) is 4. The van der Waals surface area contributed by atoms with Gasteiger partial charge in [0.15, 0.2) is 5.76 Å². The van der Waals surface area contributed by atoms with Gasteiger partial charge in [-0.05, 0) is 30.3 Å². The molecule has 2 aromatic heterocycles. The Balaban J connectivity index is 1.45. The number of piperazine rings is 1. The number of rotatable bonds is 4. The van der Waals surface area contributed by atoms with Crippen molar-refractivity contribution in [3.8, 4) is 17.1 Å². The quantitative estimate of drug-likeness (QED) is 0.450. The summed E-state index contributed by atoms with van der Waals surface area (Å²) in [5.41, 5.74) is 3.16. The molecule has 0 bridgehead atoms. The molecule has 166 valence electrons. The minimum Gasteiger partial charge on any atom is -0.454 e.